The first-order valence-corrected chi connectivity index (χ1v) is 7.10. The van der Waals surface area contributed by atoms with E-state index in [2.05, 4.69) is 6.92 Å². The van der Waals surface area contributed by atoms with Crippen LogP contribution in [0.25, 0.3) is 0 Å². The Balaban J connectivity index is 2.62. The molecule has 0 spiro atoms. The van der Waals surface area contributed by atoms with Gasteiger partial charge in [0.1, 0.15) is 0 Å². The van der Waals surface area contributed by atoms with E-state index < -0.39 is 9.84 Å². The summed E-state index contributed by atoms with van der Waals surface area (Å²) in [4.78, 5) is 0. The topological polar surface area (TPSA) is 60.2 Å². The van der Waals surface area contributed by atoms with Crippen molar-refractivity contribution in [2.24, 2.45) is 11.7 Å². The number of hydrogen-bond donors (Lipinski definition) is 1. The number of sulfone groups is 1. The molecule has 0 saturated heterocycles. The monoisotopic (exact) mass is 219 g/mol. The average molecular weight is 219 g/mol. The molecule has 1 rings (SSSR count). The van der Waals surface area contributed by atoms with Gasteiger partial charge >= 0.3 is 0 Å². The minimum absolute atomic E-state index is 0.128. The standard InChI is InChI=1S/C10H21NO2S/c1-8-4-3-5-10(6-8)14(12,13)7-9(2)11/h8-10H,3-7,11H2,1-2H3. The van der Waals surface area contributed by atoms with Crippen LogP contribution in [-0.2, 0) is 9.84 Å². The van der Waals surface area contributed by atoms with Crippen molar-refractivity contribution in [3.63, 3.8) is 0 Å². The first-order valence-electron chi connectivity index (χ1n) is 5.39. The average Bonchev–Trinajstić information content (AvgIpc) is 2.01. The Morgan fingerprint density at radius 3 is 2.57 bits per heavy atom. The fraction of sp³-hybridized carbons (Fsp3) is 1.00. The zero-order valence-corrected chi connectivity index (χ0v) is 9.89. The van der Waals surface area contributed by atoms with Crippen LogP contribution >= 0.6 is 0 Å². The zero-order chi connectivity index (χ0) is 10.8. The van der Waals surface area contributed by atoms with Crippen LogP contribution in [0.15, 0.2) is 0 Å². The Bertz CT molecular complexity index is 272. The van der Waals surface area contributed by atoms with E-state index in [0.717, 1.165) is 19.3 Å². The fourth-order valence-corrected chi connectivity index (χ4v) is 4.36. The molecular formula is C10H21NO2S. The molecule has 0 radical (unpaired) electrons. The highest BCUT2D eigenvalue weighted by atomic mass is 32.2. The Morgan fingerprint density at radius 1 is 1.43 bits per heavy atom. The van der Waals surface area contributed by atoms with E-state index in [9.17, 15) is 8.42 Å². The molecule has 1 fully saturated rings. The van der Waals surface area contributed by atoms with Crippen molar-refractivity contribution >= 4 is 9.84 Å². The van der Waals surface area contributed by atoms with Crippen molar-refractivity contribution in [2.45, 2.75) is 50.8 Å². The van der Waals surface area contributed by atoms with Crippen LogP contribution in [-0.4, -0.2) is 25.5 Å². The van der Waals surface area contributed by atoms with Crippen molar-refractivity contribution in [1.82, 2.24) is 0 Å². The van der Waals surface area contributed by atoms with Crippen molar-refractivity contribution in [2.75, 3.05) is 5.75 Å². The Labute approximate surface area is 87.0 Å². The maximum absolute atomic E-state index is 11.9. The summed E-state index contributed by atoms with van der Waals surface area (Å²) in [6, 6.07) is -0.239. The molecule has 0 aliphatic heterocycles. The molecule has 0 aromatic carbocycles. The third kappa shape index (κ3) is 3.24. The molecule has 3 nitrogen and oxygen atoms in total. The molecule has 0 aromatic rings. The molecule has 14 heavy (non-hydrogen) atoms. The van der Waals surface area contributed by atoms with Crippen molar-refractivity contribution in [3.8, 4) is 0 Å². The molecule has 0 bridgehead atoms. The quantitative estimate of drug-likeness (QED) is 0.779. The summed E-state index contributed by atoms with van der Waals surface area (Å²) < 4.78 is 23.7. The number of hydrogen-bond acceptors (Lipinski definition) is 3. The van der Waals surface area contributed by atoms with Crippen molar-refractivity contribution < 1.29 is 8.42 Å². The summed E-state index contributed by atoms with van der Waals surface area (Å²) >= 11 is 0. The van der Waals surface area contributed by atoms with Crippen LogP contribution in [0.4, 0.5) is 0 Å². The van der Waals surface area contributed by atoms with Gasteiger partial charge in [-0.25, -0.2) is 8.42 Å². The second kappa shape index (κ2) is 4.62. The molecule has 3 unspecified atom stereocenters. The van der Waals surface area contributed by atoms with Gasteiger partial charge in [0.05, 0.1) is 11.0 Å². The lowest BCUT2D eigenvalue weighted by Crippen LogP contribution is -2.35. The van der Waals surface area contributed by atoms with Gasteiger partial charge in [-0.3, -0.25) is 0 Å². The van der Waals surface area contributed by atoms with E-state index in [4.69, 9.17) is 5.73 Å². The van der Waals surface area contributed by atoms with E-state index in [1.54, 1.807) is 6.92 Å². The third-order valence-electron chi connectivity index (χ3n) is 2.89. The van der Waals surface area contributed by atoms with E-state index in [0.29, 0.717) is 5.92 Å². The normalized spacial score (nSPS) is 31.4. The molecule has 0 heterocycles. The number of nitrogens with two attached hydrogens (primary N) is 1. The maximum atomic E-state index is 11.9. The van der Waals surface area contributed by atoms with Gasteiger partial charge in [-0.05, 0) is 25.7 Å². The Hall–Kier alpha value is -0.0900. The van der Waals surface area contributed by atoms with Crippen LogP contribution in [0.5, 0.6) is 0 Å². The van der Waals surface area contributed by atoms with Crippen molar-refractivity contribution in [3.05, 3.63) is 0 Å². The maximum Gasteiger partial charge on any atom is 0.154 e. The summed E-state index contributed by atoms with van der Waals surface area (Å²) in [6.45, 7) is 3.89. The van der Waals surface area contributed by atoms with Gasteiger partial charge in [0.25, 0.3) is 0 Å². The second-order valence-corrected chi connectivity index (χ2v) is 7.03. The van der Waals surface area contributed by atoms with Gasteiger partial charge in [-0.2, -0.15) is 0 Å². The van der Waals surface area contributed by atoms with E-state index in [-0.39, 0.29) is 17.0 Å². The molecule has 1 aliphatic carbocycles. The Kier molecular flexibility index (Phi) is 3.95. The molecule has 1 aliphatic rings. The predicted octanol–water partition coefficient (Wildman–Crippen LogP) is 1.33. The van der Waals surface area contributed by atoms with E-state index >= 15 is 0 Å². The summed E-state index contributed by atoms with van der Waals surface area (Å²) in [6.07, 6.45) is 3.88. The third-order valence-corrected chi connectivity index (χ3v) is 5.33. The largest absolute Gasteiger partial charge is 0.327 e. The molecule has 0 aromatic heterocycles. The van der Waals surface area contributed by atoms with Gasteiger partial charge in [0, 0.05) is 6.04 Å². The summed E-state index contributed by atoms with van der Waals surface area (Å²) in [5.41, 5.74) is 5.54. The van der Waals surface area contributed by atoms with E-state index in [1.165, 1.54) is 6.42 Å². The predicted molar refractivity (Wildman–Crippen MR) is 58.9 cm³/mol. The van der Waals surface area contributed by atoms with Crippen LogP contribution in [0.1, 0.15) is 39.5 Å². The molecule has 0 amide bonds. The van der Waals surface area contributed by atoms with Gasteiger partial charge < -0.3 is 5.73 Å². The molecule has 1 saturated carbocycles. The van der Waals surface area contributed by atoms with Gasteiger partial charge in [-0.15, -0.1) is 0 Å². The molecular weight excluding hydrogens is 198 g/mol. The zero-order valence-electron chi connectivity index (χ0n) is 9.07. The summed E-state index contributed by atoms with van der Waals surface area (Å²) in [5.74, 6) is 0.696. The second-order valence-electron chi connectivity index (χ2n) is 4.70. The van der Waals surface area contributed by atoms with Gasteiger partial charge in [0.2, 0.25) is 0 Å². The summed E-state index contributed by atoms with van der Waals surface area (Å²) in [7, 11) is -2.94. The van der Waals surface area contributed by atoms with Crippen LogP contribution in [0, 0.1) is 5.92 Å². The molecule has 3 atom stereocenters. The van der Waals surface area contributed by atoms with Gasteiger partial charge in [0.15, 0.2) is 9.84 Å². The lowest BCUT2D eigenvalue weighted by atomic mass is 9.91. The first kappa shape index (κ1) is 12.0. The highest BCUT2D eigenvalue weighted by Gasteiger charge is 2.30. The highest BCUT2D eigenvalue weighted by Crippen LogP contribution is 2.28. The smallest absolute Gasteiger partial charge is 0.154 e. The van der Waals surface area contributed by atoms with Crippen LogP contribution in [0.3, 0.4) is 0 Å². The van der Waals surface area contributed by atoms with E-state index in [1.807, 2.05) is 0 Å². The lowest BCUT2D eigenvalue weighted by molar-refractivity contribution is 0.381. The van der Waals surface area contributed by atoms with Crippen LogP contribution < -0.4 is 5.73 Å². The lowest BCUT2D eigenvalue weighted by Gasteiger charge is -2.27. The number of rotatable bonds is 3. The molecule has 84 valence electrons. The van der Waals surface area contributed by atoms with Crippen LogP contribution in [0.2, 0.25) is 0 Å². The summed E-state index contributed by atoms with van der Waals surface area (Å²) in [5, 5.41) is -0.128. The first-order chi connectivity index (χ1) is 6.42. The fourth-order valence-electron chi connectivity index (χ4n) is 2.21. The molecule has 4 heteroatoms. The minimum Gasteiger partial charge on any atom is -0.327 e. The minimum atomic E-state index is -2.94. The SMILES string of the molecule is CC(N)CS(=O)(=O)C1CCCC(C)C1. The highest BCUT2D eigenvalue weighted by molar-refractivity contribution is 7.92. The van der Waals surface area contributed by atoms with Crippen molar-refractivity contribution in [1.29, 1.82) is 0 Å². The molecule has 2 N–H and O–H groups in total. The van der Waals surface area contributed by atoms with Gasteiger partial charge in [-0.1, -0.05) is 19.8 Å². The Morgan fingerprint density at radius 2 is 2.07 bits per heavy atom.